The smallest absolute Gasteiger partial charge is 0.393 e. The molecule has 56 valence electrons. The van der Waals surface area contributed by atoms with Gasteiger partial charge in [0.05, 0.1) is 6.10 Å². The zero-order valence-corrected chi connectivity index (χ0v) is 7.60. The van der Waals surface area contributed by atoms with E-state index >= 15 is 0 Å². The fourth-order valence-corrected chi connectivity index (χ4v) is 1.10. The fourth-order valence-electron chi connectivity index (χ4n) is 1.10. The summed E-state index contributed by atoms with van der Waals surface area (Å²) in [6.45, 7) is 0. The van der Waals surface area contributed by atoms with E-state index in [1.165, 1.54) is 0 Å². The molecule has 0 bridgehead atoms. The summed E-state index contributed by atoms with van der Waals surface area (Å²) in [5.41, 5.74) is 5.59. The van der Waals surface area contributed by atoms with Crippen LogP contribution in [0.4, 0.5) is 0 Å². The zero-order chi connectivity index (χ0) is 5.98. The molecule has 0 amide bonds. The van der Waals surface area contributed by atoms with Gasteiger partial charge in [0.25, 0.3) is 0 Å². The van der Waals surface area contributed by atoms with Gasteiger partial charge in [-0.05, 0) is 25.7 Å². The van der Waals surface area contributed by atoms with Crippen LogP contribution in [0.3, 0.4) is 0 Å². The predicted octanol–water partition coefficient (Wildman–Crippen LogP) is 0.246. The Kier molecular flexibility index (Phi) is 4.73. The molecule has 1 saturated carbocycles. The molecule has 3 N–H and O–H groups in total. The van der Waals surface area contributed by atoms with E-state index in [0.29, 0.717) is 6.04 Å². The summed E-state index contributed by atoms with van der Waals surface area (Å²) in [7, 11) is 0. The summed E-state index contributed by atoms with van der Waals surface area (Å²) < 4.78 is 0. The fraction of sp³-hybridized carbons (Fsp3) is 1.00. The number of rotatable bonds is 0. The Labute approximate surface area is 70.1 Å². The molecule has 1 aliphatic carbocycles. The molecule has 2 nitrogen and oxygen atoms in total. The van der Waals surface area contributed by atoms with E-state index in [9.17, 15) is 0 Å². The summed E-state index contributed by atoms with van der Waals surface area (Å²) >= 11 is 0. The number of hydrogen-bond acceptors (Lipinski definition) is 2. The van der Waals surface area contributed by atoms with Gasteiger partial charge in [-0.1, -0.05) is 0 Å². The molecule has 0 aromatic rings. The van der Waals surface area contributed by atoms with E-state index in [1.54, 1.807) is 0 Å². The minimum Gasteiger partial charge on any atom is -0.393 e. The van der Waals surface area contributed by atoms with Crippen molar-refractivity contribution < 1.29 is 26.2 Å². The molecule has 3 heteroatoms. The van der Waals surface area contributed by atoms with Crippen LogP contribution in [0.15, 0.2) is 0 Å². The van der Waals surface area contributed by atoms with Crippen LogP contribution in [0, 0.1) is 0 Å². The molecular formula is C6H13NOPt+2. The number of aliphatic hydroxyl groups is 1. The van der Waals surface area contributed by atoms with Gasteiger partial charge in [0.1, 0.15) is 0 Å². The molecule has 0 aromatic carbocycles. The molecular weight excluding hydrogens is 297 g/mol. The first-order chi connectivity index (χ1) is 3.79. The molecule has 1 rings (SSSR count). The third kappa shape index (κ3) is 3.34. The van der Waals surface area contributed by atoms with E-state index < -0.39 is 0 Å². The molecule has 0 saturated heterocycles. The van der Waals surface area contributed by atoms with Crippen molar-refractivity contribution in [1.29, 1.82) is 0 Å². The van der Waals surface area contributed by atoms with Crippen LogP contribution in [0.5, 0.6) is 0 Å². The molecule has 1 fully saturated rings. The minimum absolute atomic E-state index is 0. The van der Waals surface area contributed by atoms with Gasteiger partial charge in [-0.3, -0.25) is 0 Å². The summed E-state index contributed by atoms with van der Waals surface area (Å²) in [6.07, 6.45) is 3.75. The van der Waals surface area contributed by atoms with Crippen molar-refractivity contribution in [2.24, 2.45) is 5.73 Å². The predicted molar refractivity (Wildman–Crippen MR) is 32.5 cm³/mol. The van der Waals surface area contributed by atoms with Crippen LogP contribution in [0.25, 0.3) is 0 Å². The second-order valence-corrected chi connectivity index (χ2v) is 2.57. The molecule has 9 heavy (non-hydrogen) atoms. The third-order valence-electron chi connectivity index (χ3n) is 1.74. The molecule has 0 aromatic heterocycles. The maximum Gasteiger partial charge on any atom is 2.00 e. The molecule has 0 aliphatic heterocycles. The number of nitrogens with two attached hydrogens (primary N) is 1. The van der Waals surface area contributed by atoms with E-state index in [4.69, 9.17) is 10.8 Å². The molecule has 0 atom stereocenters. The van der Waals surface area contributed by atoms with Gasteiger partial charge in [-0.25, -0.2) is 0 Å². The second kappa shape index (κ2) is 4.43. The Bertz CT molecular complexity index is 61.5. The monoisotopic (exact) mass is 310 g/mol. The Morgan fingerprint density at radius 3 is 1.89 bits per heavy atom. The van der Waals surface area contributed by atoms with Gasteiger partial charge in [0.2, 0.25) is 0 Å². The Balaban J connectivity index is 0.000000640. The first-order valence-electron chi connectivity index (χ1n) is 3.22. The van der Waals surface area contributed by atoms with Crippen molar-refractivity contribution in [3.8, 4) is 0 Å². The standard InChI is InChI=1S/C6H13NO.Pt/c7-5-1-3-6(8)4-2-5;/h5-6,8H,1-4,7H2;/q;+2. The van der Waals surface area contributed by atoms with Crippen LogP contribution < -0.4 is 5.73 Å². The van der Waals surface area contributed by atoms with E-state index in [1.807, 2.05) is 0 Å². The van der Waals surface area contributed by atoms with E-state index in [-0.39, 0.29) is 27.2 Å². The van der Waals surface area contributed by atoms with Gasteiger partial charge in [-0.2, -0.15) is 0 Å². The number of hydrogen-bond donors (Lipinski definition) is 2. The maximum absolute atomic E-state index is 8.97. The van der Waals surface area contributed by atoms with Crippen molar-refractivity contribution in [3.63, 3.8) is 0 Å². The third-order valence-corrected chi connectivity index (χ3v) is 1.74. The minimum atomic E-state index is -0.0604. The Morgan fingerprint density at radius 2 is 1.56 bits per heavy atom. The summed E-state index contributed by atoms with van der Waals surface area (Å²) in [4.78, 5) is 0. The van der Waals surface area contributed by atoms with E-state index in [2.05, 4.69) is 0 Å². The normalized spacial score (nSPS) is 35.3. The second-order valence-electron chi connectivity index (χ2n) is 2.57. The van der Waals surface area contributed by atoms with Crippen molar-refractivity contribution >= 4 is 0 Å². The van der Waals surface area contributed by atoms with Crippen LogP contribution in [0.2, 0.25) is 0 Å². The molecule has 0 spiro atoms. The van der Waals surface area contributed by atoms with Crippen molar-refractivity contribution in [3.05, 3.63) is 0 Å². The van der Waals surface area contributed by atoms with Crippen LogP contribution in [-0.4, -0.2) is 17.3 Å². The zero-order valence-electron chi connectivity index (χ0n) is 5.32. The molecule has 1 aliphatic rings. The van der Waals surface area contributed by atoms with Crippen molar-refractivity contribution in [1.82, 2.24) is 0 Å². The van der Waals surface area contributed by atoms with Gasteiger partial charge >= 0.3 is 21.1 Å². The van der Waals surface area contributed by atoms with Gasteiger partial charge in [0.15, 0.2) is 0 Å². The average Bonchev–Trinajstić information content (AvgIpc) is 1.77. The molecule has 0 heterocycles. The van der Waals surface area contributed by atoms with E-state index in [0.717, 1.165) is 25.7 Å². The summed E-state index contributed by atoms with van der Waals surface area (Å²) in [5, 5.41) is 8.97. The van der Waals surface area contributed by atoms with Crippen LogP contribution >= 0.6 is 0 Å². The summed E-state index contributed by atoms with van der Waals surface area (Å²) in [6, 6.07) is 0.360. The SMILES string of the molecule is NC1CCC(O)CC1.[Pt+2]. The first kappa shape index (κ1) is 9.61. The molecule has 0 unspecified atom stereocenters. The average molecular weight is 310 g/mol. The van der Waals surface area contributed by atoms with Crippen LogP contribution in [0.1, 0.15) is 25.7 Å². The number of aliphatic hydroxyl groups excluding tert-OH is 1. The Hall–Kier alpha value is 0.608. The van der Waals surface area contributed by atoms with Gasteiger partial charge in [0, 0.05) is 6.04 Å². The maximum atomic E-state index is 8.97. The van der Waals surface area contributed by atoms with Gasteiger partial charge < -0.3 is 10.8 Å². The van der Waals surface area contributed by atoms with Crippen molar-refractivity contribution in [2.75, 3.05) is 0 Å². The largest absolute Gasteiger partial charge is 2.00 e. The van der Waals surface area contributed by atoms with Crippen LogP contribution in [-0.2, 0) is 21.1 Å². The topological polar surface area (TPSA) is 46.2 Å². The quantitative estimate of drug-likeness (QED) is 0.674. The molecule has 0 radical (unpaired) electrons. The summed E-state index contributed by atoms with van der Waals surface area (Å²) in [5.74, 6) is 0. The first-order valence-corrected chi connectivity index (χ1v) is 3.22. The Morgan fingerprint density at radius 1 is 1.11 bits per heavy atom. The van der Waals surface area contributed by atoms with Gasteiger partial charge in [-0.15, -0.1) is 0 Å². The van der Waals surface area contributed by atoms with Crippen molar-refractivity contribution in [2.45, 2.75) is 37.8 Å².